The molecule has 0 heterocycles. The summed E-state index contributed by atoms with van der Waals surface area (Å²) in [6.07, 6.45) is 0.952. The third kappa shape index (κ3) is 2.76. The van der Waals surface area contributed by atoms with E-state index in [0.717, 1.165) is 9.99 Å². The van der Waals surface area contributed by atoms with Crippen LogP contribution in [0.4, 0.5) is 0 Å². The van der Waals surface area contributed by atoms with Crippen molar-refractivity contribution < 1.29 is 4.79 Å². The van der Waals surface area contributed by atoms with E-state index in [9.17, 15) is 4.79 Å². The van der Waals surface area contributed by atoms with Gasteiger partial charge >= 0.3 is 0 Å². The first-order valence-corrected chi connectivity index (χ1v) is 8.43. The number of hydrogen-bond acceptors (Lipinski definition) is 1. The maximum Gasteiger partial charge on any atom is 0.251 e. The second-order valence-corrected chi connectivity index (χ2v) is 7.30. The minimum absolute atomic E-state index is 0.0188. The van der Waals surface area contributed by atoms with Gasteiger partial charge in [-0.15, -0.1) is 0 Å². The molecule has 4 heteroatoms. The van der Waals surface area contributed by atoms with Crippen LogP contribution in [-0.2, 0) is 6.42 Å². The number of benzene rings is 2. The Balaban J connectivity index is 1.83. The van der Waals surface area contributed by atoms with Gasteiger partial charge in [0, 0.05) is 14.0 Å². The largest absolute Gasteiger partial charge is 0.344 e. The van der Waals surface area contributed by atoms with Gasteiger partial charge in [0.2, 0.25) is 0 Å². The molecule has 1 aliphatic rings. The van der Waals surface area contributed by atoms with E-state index >= 15 is 0 Å². The summed E-state index contributed by atoms with van der Waals surface area (Å²) in [7, 11) is 0. The smallest absolute Gasteiger partial charge is 0.251 e. The van der Waals surface area contributed by atoms with E-state index in [1.165, 1.54) is 11.1 Å². The minimum Gasteiger partial charge on any atom is -0.344 e. The molecule has 1 N–H and O–H groups in total. The van der Waals surface area contributed by atoms with Crippen LogP contribution >= 0.6 is 38.5 Å². The first-order valence-electron chi connectivity index (χ1n) is 6.43. The molecule has 1 amide bonds. The molecule has 2 aromatic rings. The molecule has 3 rings (SSSR count). The zero-order chi connectivity index (χ0) is 14.1. The number of nitrogens with one attached hydrogen (secondary N) is 1. The molecule has 20 heavy (non-hydrogen) atoms. The Morgan fingerprint density at radius 3 is 2.80 bits per heavy atom. The molecule has 2 aromatic carbocycles. The fraction of sp³-hybridized carbons (Fsp3) is 0.188. The molecule has 0 saturated heterocycles. The third-order valence-electron chi connectivity index (χ3n) is 3.54. The first kappa shape index (κ1) is 14.1. The van der Waals surface area contributed by atoms with Gasteiger partial charge in [-0.1, -0.05) is 46.3 Å². The zero-order valence-corrected chi connectivity index (χ0v) is 14.4. The van der Waals surface area contributed by atoms with Crippen LogP contribution in [-0.4, -0.2) is 10.7 Å². The van der Waals surface area contributed by atoms with Gasteiger partial charge < -0.3 is 5.32 Å². The van der Waals surface area contributed by atoms with Crippen molar-refractivity contribution in [3.63, 3.8) is 0 Å². The van der Waals surface area contributed by atoms with Crippen LogP contribution in [0.15, 0.2) is 48.5 Å². The Bertz CT molecular complexity index is 658. The fourth-order valence-corrected chi connectivity index (χ4v) is 3.88. The van der Waals surface area contributed by atoms with Gasteiger partial charge in [-0.05, 0) is 58.3 Å². The standard InChI is InChI=1S/C16H13BrINO/c17-14-9-10-4-1-2-7-13(10)15(14)19-16(20)11-5-3-6-12(18)8-11/h1-8,14-15H,9H2,(H,19,20). The normalized spacial score (nSPS) is 20.5. The van der Waals surface area contributed by atoms with E-state index in [0.29, 0.717) is 5.56 Å². The molecule has 2 atom stereocenters. The molecule has 1 aliphatic carbocycles. The number of hydrogen-bond donors (Lipinski definition) is 1. The highest BCUT2D eigenvalue weighted by Gasteiger charge is 2.31. The lowest BCUT2D eigenvalue weighted by Gasteiger charge is -2.17. The van der Waals surface area contributed by atoms with E-state index in [1.807, 2.05) is 36.4 Å². The van der Waals surface area contributed by atoms with Crippen molar-refractivity contribution in [1.82, 2.24) is 5.32 Å². The highest BCUT2D eigenvalue weighted by Crippen LogP contribution is 2.35. The molecule has 0 aliphatic heterocycles. The Kier molecular flexibility index (Phi) is 4.12. The molecule has 2 unspecified atom stereocenters. The zero-order valence-electron chi connectivity index (χ0n) is 10.6. The number of carbonyl (C=O) groups is 1. The average Bonchev–Trinajstić information content (AvgIpc) is 2.75. The van der Waals surface area contributed by atoms with Crippen molar-refractivity contribution in [1.29, 1.82) is 0 Å². The Morgan fingerprint density at radius 2 is 2.00 bits per heavy atom. The van der Waals surface area contributed by atoms with Crippen LogP contribution in [0.25, 0.3) is 0 Å². The second kappa shape index (κ2) is 5.85. The predicted molar refractivity (Wildman–Crippen MR) is 92.2 cm³/mol. The van der Waals surface area contributed by atoms with Crippen LogP contribution in [0.5, 0.6) is 0 Å². The summed E-state index contributed by atoms with van der Waals surface area (Å²) in [6, 6.07) is 16.0. The number of carbonyl (C=O) groups excluding carboxylic acids is 1. The van der Waals surface area contributed by atoms with E-state index in [-0.39, 0.29) is 16.8 Å². The molecule has 102 valence electrons. The van der Waals surface area contributed by atoms with Crippen molar-refractivity contribution in [3.8, 4) is 0 Å². The summed E-state index contributed by atoms with van der Waals surface area (Å²) in [4.78, 5) is 12.6. The van der Waals surface area contributed by atoms with Gasteiger partial charge in [0.1, 0.15) is 0 Å². The van der Waals surface area contributed by atoms with Gasteiger partial charge in [-0.25, -0.2) is 0 Å². The SMILES string of the molecule is O=C(NC1c2ccccc2CC1Br)c1cccc(I)c1. The Labute approximate surface area is 140 Å². The van der Waals surface area contributed by atoms with Crippen LogP contribution in [0.2, 0.25) is 0 Å². The highest BCUT2D eigenvalue weighted by molar-refractivity contribution is 14.1. The fourth-order valence-electron chi connectivity index (χ4n) is 2.57. The molecular formula is C16H13BrINO. The lowest BCUT2D eigenvalue weighted by atomic mass is 10.1. The van der Waals surface area contributed by atoms with E-state index in [4.69, 9.17) is 0 Å². The van der Waals surface area contributed by atoms with Crippen molar-refractivity contribution in [2.45, 2.75) is 17.3 Å². The van der Waals surface area contributed by atoms with Gasteiger partial charge in [0.15, 0.2) is 0 Å². The number of rotatable bonds is 2. The van der Waals surface area contributed by atoms with Crippen LogP contribution in [0.3, 0.4) is 0 Å². The molecule has 0 spiro atoms. The van der Waals surface area contributed by atoms with E-state index in [2.05, 4.69) is 56.0 Å². The average molecular weight is 442 g/mol. The van der Waals surface area contributed by atoms with Crippen molar-refractivity contribution >= 4 is 44.4 Å². The number of amides is 1. The first-order chi connectivity index (χ1) is 9.65. The Hall–Kier alpha value is -0.880. The molecule has 0 fully saturated rings. The minimum atomic E-state index is -0.0188. The highest BCUT2D eigenvalue weighted by atomic mass is 127. The van der Waals surface area contributed by atoms with E-state index < -0.39 is 0 Å². The molecule has 0 radical (unpaired) electrons. The third-order valence-corrected chi connectivity index (χ3v) is 5.06. The van der Waals surface area contributed by atoms with Crippen LogP contribution in [0.1, 0.15) is 27.5 Å². The van der Waals surface area contributed by atoms with Crippen molar-refractivity contribution in [2.75, 3.05) is 0 Å². The summed E-state index contributed by atoms with van der Waals surface area (Å²) in [6.45, 7) is 0. The molecule has 0 aromatic heterocycles. The molecule has 0 saturated carbocycles. The lowest BCUT2D eigenvalue weighted by Crippen LogP contribution is -2.31. The van der Waals surface area contributed by atoms with Gasteiger partial charge in [-0.2, -0.15) is 0 Å². The van der Waals surface area contributed by atoms with Gasteiger partial charge in [0.25, 0.3) is 5.91 Å². The summed E-state index contributed by atoms with van der Waals surface area (Å²) >= 11 is 5.90. The summed E-state index contributed by atoms with van der Waals surface area (Å²) in [5.41, 5.74) is 3.23. The maximum absolute atomic E-state index is 12.4. The van der Waals surface area contributed by atoms with Gasteiger partial charge in [-0.3, -0.25) is 4.79 Å². The quantitative estimate of drug-likeness (QED) is 0.552. The maximum atomic E-state index is 12.4. The van der Waals surface area contributed by atoms with Gasteiger partial charge in [0.05, 0.1) is 6.04 Å². The van der Waals surface area contributed by atoms with E-state index in [1.54, 1.807) is 0 Å². The lowest BCUT2D eigenvalue weighted by molar-refractivity contribution is 0.0938. The van der Waals surface area contributed by atoms with Crippen molar-refractivity contribution in [2.24, 2.45) is 0 Å². The van der Waals surface area contributed by atoms with Crippen LogP contribution in [0, 0.1) is 3.57 Å². The second-order valence-electron chi connectivity index (χ2n) is 4.88. The predicted octanol–water partition coefficient (Wildman–Crippen LogP) is 4.08. The molecule has 0 bridgehead atoms. The molecular weight excluding hydrogens is 429 g/mol. The number of alkyl halides is 1. The number of fused-ring (bicyclic) bond motifs is 1. The topological polar surface area (TPSA) is 29.1 Å². The van der Waals surface area contributed by atoms with Crippen LogP contribution < -0.4 is 5.32 Å². The summed E-state index contributed by atoms with van der Waals surface area (Å²) in [5.74, 6) is -0.0188. The summed E-state index contributed by atoms with van der Waals surface area (Å²) < 4.78 is 1.07. The number of halogens is 2. The van der Waals surface area contributed by atoms with Crippen molar-refractivity contribution in [3.05, 3.63) is 68.8 Å². The molecule has 2 nitrogen and oxygen atoms in total. The Morgan fingerprint density at radius 1 is 1.20 bits per heavy atom. The monoisotopic (exact) mass is 441 g/mol. The summed E-state index contributed by atoms with van der Waals surface area (Å²) in [5, 5.41) is 3.14.